The van der Waals surface area contributed by atoms with Crippen molar-refractivity contribution in [2.45, 2.75) is 239 Å². The zero-order valence-corrected chi connectivity index (χ0v) is 44.0. The molecule has 4 N–H and O–H groups in total. The maximum Gasteiger partial charge on any atom is 0.0936 e. The lowest BCUT2D eigenvalue weighted by molar-refractivity contribution is -0.144. The van der Waals surface area contributed by atoms with Gasteiger partial charge in [0.2, 0.25) is 0 Å². The van der Waals surface area contributed by atoms with E-state index >= 15 is 0 Å². The molecule has 0 aromatic rings. The van der Waals surface area contributed by atoms with Crippen LogP contribution in [0.25, 0.3) is 0 Å². The number of nitrogens with two attached hydrogens (primary N) is 2. The number of hydrogen-bond acceptors (Lipinski definition) is 7. The Kier molecular flexibility index (Phi) is 23.4. The van der Waals surface area contributed by atoms with Crippen LogP contribution in [0.3, 0.4) is 0 Å². The quantitative estimate of drug-likeness (QED) is 0.0500. The van der Waals surface area contributed by atoms with Gasteiger partial charge >= 0.3 is 0 Å². The maximum atomic E-state index is 7.93. The van der Waals surface area contributed by atoms with Gasteiger partial charge in [-0.2, -0.15) is 0 Å². The van der Waals surface area contributed by atoms with E-state index in [0.717, 1.165) is 90.0 Å². The third kappa shape index (κ3) is 14.4. The van der Waals surface area contributed by atoms with Gasteiger partial charge < -0.3 is 30.4 Å². The highest BCUT2D eigenvalue weighted by atomic mass is 16.6. The van der Waals surface area contributed by atoms with Crippen LogP contribution in [-0.4, -0.2) is 88.0 Å². The number of morpholine rings is 1. The number of rotatable bonds is 33. The van der Waals surface area contributed by atoms with E-state index in [1.807, 2.05) is 0 Å². The first-order valence-electron chi connectivity index (χ1n) is 28.3. The lowest BCUT2D eigenvalue weighted by atomic mass is 9.35. The number of hydrogen-bond donors (Lipinski definition) is 2. The second-order valence-corrected chi connectivity index (χ2v) is 23.7. The number of allylic oxidation sites excluding steroid dienone is 3. The first-order chi connectivity index (χ1) is 31.3. The van der Waals surface area contributed by atoms with Crippen LogP contribution < -0.4 is 11.5 Å². The normalized spacial score (nSPS) is 32.7. The third-order valence-electron chi connectivity index (χ3n) is 19.0. The van der Waals surface area contributed by atoms with E-state index in [0.29, 0.717) is 31.7 Å². The lowest BCUT2D eigenvalue weighted by Gasteiger charge is -2.72. The SMILES string of the molecule is CCCCCCCC/C=C\CCCCCCCCOCC(CN1CCOCC1)OCCOCCC[C@H]1CC[C@@]2(C)C(=CC[C@]3(C)[C@]2(N)CC[C@]2(C)[C@@H]([C@H](C)CCCC(C)C)CC[C@@]32N)C1. The van der Waals surface area contributed by atoms with Crippen molar-refractivity contribution in [3.8, 4) is 0 Å². The Balaban J connectivity index is 0.956. The molecule has 4 aliphatic carbocycles. The van der Waals surface area contributed by atoms with E-state index in [2.05, 4.69) is 71.6 Å². The van der Waals surface area contributed by atoms with Gasteiger partial charge in [-0.05, 0) is 125 Å². The van der Waals surface area contributed by atoms with Gasteiger partial charge in [-0.15, -0.1) is 0 Å². The summed E-state index contributed by atoms with van der Waals surface area (Å²) in [6.07, 6.45) is 41.9. The second kappa shape index (κ2) is 27.6. The molecule has 378 valence electrons. The van der Waals surface area contributed by atoms with Gasteiger partial charge in [-0.25, -0.2) is 0 Å². The lowest BCUT2D eigenvalue weighted by Crippen LogP contribution is -2.80. The summed E-state index contributed by atoms with van der Waals surface area (Å²) < 4.78 is 24.4. The van der Waals surface area contributed by atoms with Crippen LogP contribution in [0.2, 0.25) is 0 Å². The van der Waals surface area contributed by atoms with Crippen LogP contribution in [-0.2, 0) is 18.9 Å². The smallest absolute Gasteiger partial charge is 0.0936 e. The molecule has 5 aliphatic rings. The molecule has 65 heavy (non-hydrogen) atoms. The molecule has 1 heterocycles. The minimum Gasteiger partial charge on any atom is -0.379 e. The maximum absolute atomic E-state index is 7.93. The van der Waals surface area contributed by atoms with Crippen molar-refractivity contribution in [2.75, 3.05) is 65.9 Å². The van der Waals surface area contributed by atoms with Crippen molar-refractivity contribution in [1.82, 2.24) is 4.90 Å². The predicted molar refractivity (Wildman–Crippen MR) is 275 cm³/mol. The largest absolute Gasteiger partial charge is 0.379 e. The molecule has 0 amide bonds. The van der Waals surface area contributed by atoms with Gasteiger partial charge in [0, 0.05) is 54.8 Å². The summed E-state index contributed by atoms with van der Waals surface area (Å²) in [5.74, 6) is 2.94. The van der Waals surface area contributed by atoms with Gasteiger partial charge in [-0.1, -0.05) is 149 Å². The number of nitrogens with zero attached hydrogens (tertiary/aromatic N) is 1. The van der Waals surface area contributed by atoms with E-state index in [1.54, 1.807) is 5.57 Å². The Morgan fingerprint density at radius 3 is 2.11 bits per heavy atom. The summed E-state index contributed by atoms with van der Waals surface area (Å²) in [7, 11) is 0. The van der Waals surface area contributed by atoms with Crippen LogP contribution in [0.1, 0.15) is 222 Å². The summed E-state index contributed by atoms with van der Waals surface area (Å²) >= 11 is 0. The van der Waals surface area contributed by atoms with Gasteiger partial charge in [-0.3, -0.25) is 4.90 Å². The molecule has 0 aromatic heterocycles. The fraction of sp³-hybridized carbons (Fsp3) is 0.931. The summed E-state index contributed by atoms with van der Waals surface area (Å²) in [5.41, 5.74) is 17.1. The second-order valence-electron chi connectivity index (χ2n) is 23.7. The molecular weight excluding hydrogens is 803 g/mol. The van der Waals surface area contributed by atoms with Crippen molar-refractivity contribution in [3.05, 3.63) is 23.8 Å². The molecular formula is C58H107N3O4. The molecule has 0 bridgehead atoms. The molecule has 0 aromatic carbocycles. The molecule has 1 saturated heterocycles. The molecule has 7 nitrogen and oxygen atoms in total. The van der Waals surface area contributed by atoms with Gasteiger partial charge in [0.15, 0.2) is 0 Å². The molecule has 5 rings (SSSR count). The Labute approximate surface area is 402 Å². The highest BCUT2D eigenvalue weighted by Crippen LogP contribution is 2.73. The van der Waals surface area contributed by atoms with Gasteiger partial charge in [0.1, 0.15) is 0 Å². The Morgan fingerprint density at radius 1 is 0.723 bits per heavy atom. The van der Waals surface area contributed by atoms with Crippen molar-refractivity contribution in [3.63, 3.8) is 0 Å². The van der Waals surface area contributed by atoms with E-state index in [4.69, 9.17) is 30.4 Å². The average Bonchev–Trinajstić information content (AvgIpc) is 3.58. The molecule has 3 saturated carbocycles. The predicted octanol–water partition coefficient (Wildman–Crippen LogP) is 13.8. The van der Waals surface area contributed by atoms with E-state index < -0.39 is 0 Å². The first-order valence-corrected chi connectivity index (χ1v) is 28.3. The molecule has 1 unspecified atom stereocenters. The van der Waals surface area contributed by atoms with Crippen molar-refractivity contribution < 1.29 is 18.9 Å². The zero-order chi connectivity index (χ0) is 46.7. The minimum absolute atomic E-state index is 0.0321. The Morgan fingerprint density at radius 2 is 1.40 bits per heavy atom. The van der Waals surface area contributed by atoms with E-state index in [-0.39, 0.29) is 33.4 Å². The van der Waals surface area contributed by atoms with E-state index in [9.17, 15) is 0 Å². The standard InChI is InChI=1S/C58H107N3O4/c1-8-9-10-11-12-13-14-15-16-17-18-19-20-21-22-23-39-64-47-52(46-61-37-41-63-42-38-61)65-44-43-62-40-25-28-50-29-32-54(5)51(45-50)30-33-56(7)57(59)34-31-53(49(4)27-24-26-48(2)3)55(57,6)35-36-58(54,56)60/h15-16,30,48-50,52-53H,8-14,17-29,31-47,59-60H2,1-7H3/b16-15-/t49-,50+,52?,53-,54+,55-,56+,57+,58+/m1/s1. The van der Waals surface area contributed by atoms with Gasteiger partial charge in [0.25, 0.3) is 0 Å². The van der Waals surface area contributed by atoms with Crippen LogP contribution in [0, 0.1) is 39.9 Å². The molecule has 1 aliphatic heterocycles. The van der Waals surface area contributed by atoms with Crippen LogP contribution in [0.15, 0.2) is 23.8 Å². The van der Waals surface area contributed by atoms with Crippen molar-refractivity contribution in [1.29, 1.82) is 0 Å². The molecule has 0 radical (unpaired) electrons. The molecule has 7 heteroatoms. The number of ether oxygens (including phenoxy) is 4. The third-order valence-corrected chi connectivity index (χ3v) is 19.0. The summed E-state index contributed by atoms with van der Waals surface area (Å²) in [6.45, 7) is 25.2. The number of fused-ring (bicyclic) bond motifs is 5. The zero-order valence-electron chi connectivity index (χ0n) is 44.0. The highest BCUT2D eigenvalue weighted by Gasteiger charge is 2.75. The van der Waals surface area contributed by atoms with Crippen LogP contribution in [0.4, 0.5) is 0 Å². The number of unbranched alkanes of at least 4 members (excludes halogenated alkanes) is 12. The topological polar surface area (TPSA) is 92.2 Å². The average molecular weight is 911 g/mol. The Bertz CT molecular complexity index is 1380. The first kappa shape index (κ1) is 55.1. The fourth-order valence-electron chi connectivity index (χ4n) is 14.4. The summed E-state index contributed by atoms with van der Waals surface area (Å²) in [4.78, 5) is 2.46. The van der Waals surface area contributed by atoms with Gasteiger partial charge in [0.05, 0.1) is 39.1 Å². The summed E-state index contributed by atoms with van der Waals surface area (Å²) in [6, 6.07) is 0. The molecule has 0 spiro atoms. The fourth-order valence-corrected chi connectivity index (χ4v) is 14.4. The van der Waals surface area contributed by atoms with Crippen molar-refractivity contribution >= 4 is 0 Å². The minimum atomic E-state index is -0.253. The van der Waals surface area contributed by atoms with Crippen molar-refractivity contribution in [2.24, 2.45) is 51.4 Å². The Hall–Kier alpha value is -0.800. The van der Waals surface area contributed by atoms with E-state index in [1.165, 1.54) is 141 Å². The monoisotopic (exact) mass is 910 g/mol. The van der Waals surface area contributed by atoms with Crippen LogP contribution in [0.5, 0.6) is 0 Å². The molecule has 4 fully saturated rings. The summed E-state index contributed by atoms with van der Waals surface area (Å²) in [5, 5.41) is 0. The highest BCUT2D eigenvalue weighted by molar-refractivity contribution is 5.39. The molecule has 9 atom stereocenters. The van der Waals surface area contributed by atoms with Crippen LogP contribution >= 0.6 is 0 Å².